The molecule has 5 rings (SSSR count). The quantitative estimate of drug-likeness (QED) is 0.107. The average Bonchev–Trinajstić information content (AvgIpc) is 3.50. The molecule has 0 aliphatic heterocycles. The van der Waals surface area contributed by atoms with Crippen LogP contribution in [0.15, 0.2) is 119 Å². The number of carbonyl (C=O) groups excluding carboxylic acids is 3. The Kier molecular flexibility index (Phi) is 10.2. The van der Waals surface area contributed by atoms with Crippen LogP contribution in [0.3, 0.4) is 0 Å². The van der Waals surface area contributed by atoms with Gasteiger partial charge < -0.3 is 16.0 Å². The zero-order chi connectivity index (χ0) is 30.9. The van der Waals surface area contributed by atoms with E-state index in [1.165, 1.54) is 23.1 Å². The molecule has 0 bridgehead atoms. The van der Waals surface area contributed by atoms with Gasteiger partial charge in [-0.15, -0.1) is 23.1 Å². The summed E-state index contributed by atoms with van der Waals surface area (Å²) >= 11 is 8.64. The molecule has 1 heterocycles. The van der Waals surface area contributed by atoms with Gasteiger partial charge in [0.25, 0.3) is 11.8 Å². The van der Waals surface area contributed by atoms with E-state index in [0.717, 1.165) is 27.3 Å². The van der Waals surface area contributed by atoms with E-state index in [2.05, 4.69) is 20.9 Å². The number of carbonyl (C=O) groups is 3. The lowest BCUT2D eigenvalue weighted by atomic mass is 10.1. The molecule has 0 aliphatic carbocycles. The number of halogens is 1. The molecule has 0 spiro atoms. The Labute approximate surface area is 268 Å². The minimum absolute atomic E-state index is 0.104. The van der Waals surface area contributed by atoms with Crippen molar-refractivity contribution in [2.75, 3.05) is 16.4 Å². The Morgan fingerprint density at radius 3 is 2.41 bits per heavy atom. The topological polar surface area (TPSA) is 100 Å². The molecule has 7 nitrogen and oxygen atoms in total. The molecule has 0 radical (unpaired) electrons. The maximum absolute atomic E-state index is 13.4. The van der Waals surface area contributed by atoms with Crippen molar-refractivity contribution in [1.29, 1.82) is 0 Å². The first kappa shape index (κ1) is 30.7. The number of aryl methyl sites for hydroxylation is 1. The third-order valence-electron chi connectivity index (χ3n) is 6.37. The van der Waals surface area contributed by atoms with E-state index < -0.39 is 11.8 Å². The minimum atomic E-state index is -0.474. The predicted molar refractivity (Wildman–Crippen MR) is 180 cm³/mol. The molecule has 44 heavy (non-hydrogen) atoms. The molecule has 0 saturated carbocycles. The third-order valence-corrected chi connectivity index (χ3v) is 8.37. The van der Waals surface area contributed by atoms with Crippen LogP contribution in [0.5, 0.6) is 0 Å². The van der Waals surface area contributed by atoms with Crippen LogP contribution in [0, 0.1) is 6.92 Å². The molecule has 0 saturated heterocycles. The molecule has 3 N–H and O–H groups in total. The number of amides is 3. The Balaban J connectivity index is 1.23. The molecule has 0 unspecified atom stereocenters. The third kappa shape index (κ3) is 8.44. The van der Waals surface area contributed by atoms with Crippen molar-refractivity contribution in [3.8, 4) is 11.3 Å². The summed E-state index contributed by atoms with van der Waals surface area (Å²) in [5, 5.41) is 11.5. The zero-order valence-corrected chi connectivity index (χ0v) is 25.9. The highest BCUT2D eigenvalue weighted by molar-refractivity contribution is 8.00. The monoisotopic (exact) mass is 638 g/mol. The molecular weight excluding hydrogens is 612 g/mol. The lowest BCUT2D eigenvalue weighted by Gasteiger charge is -2.13. The first-order valence-corrected chi connectivity index (χ1v) is 15.8. The summed E-state index contributed by atoms with van der Waals surface area (Å²) in [6, 6.07) is 30.8. The molecule has 0 fully saturated rings. The van der Waals surface area contributed by atoms with Crippen LogP contribution in [-0.2, 0) is 9.59 Å². The van der Waals surface area contributed by atoms with E-state index in [1.807, 2.05) is 60.8 Å². The number of thiazole rings is 1. The summed E-state index contributed by atoms with van der Waals surface area (Å²) < 4.78 is 0. The average molecular weight is 639 g/mol. The lowest BCUT2D eigenvalue weighted by Crippen LogP contribution is -2.30. The fraction of sp³-hybridized carbons (Fsp3) is 0.0588. The predicted octanol–water partition coefficient (Wildman–Crippen LogP) is 7.91. The Morgan fingerprint density at radius 1 is 0.886 bits per heavy atom. The Bertz CT molecular complexity index is 1820. The first-order chi connectivity index (χ1) is 21.3. The van der Waals surface area contributed by atoms with Gasteiger partial charge in [-0.25, -0.2) is 4.98 Å². The SMILES string of the molecule is Cc1ccccc1/C=C(\NC(=O)c1ccccc1)C(=O)Nc1cccc(SCC(=O)Nc2nc(-c3ccc(Cl)cc3)cs2)c1. The van der Waals surface area contributed by atoms with Crippen LogP contribution >= 0.6 is 34.7 Å². The van der Waals surface area contributed by atoms with Gasteiger partial charge in [-0.3, -0.25) is 14.4 Å². The fourth-order valence-electron chi connectivity index (χ4n) is 4.10. The number of hydrogen-bond donors (Lipinski definition) is 3. The first-order valence-electron chi connectivity index (χ1n) is 13.5. The summed E-state index contributed by atoms with van der Waals surface area (Å²) in [7, 11) is 0. The Morgan fingerprint density at radius 2 is 1.64 bits per heavy atom. The van der Waals surface area contributed by atoms with Gasteiger partial charge in [0.2, 0.25) is 5.91 Å². The van der Waals surface area contributed by atoms with Gasteiger partial charge in [0.1, 0.15) is 5.70 Å². The van der Waals surface area contributed by atoms with Crippen LogP contribution in [0.25, 0.3) is 17.3 Å². The number of hydrogen-bond acceptors (Lipinski definition) is 6. The van der Waals surface area contributed by atoms with E-state index in [9.17, 15) is 14.4 Å². The Hall–Kier alpha value is -4.70. The summed E-state index contributed by atoms with van der Waals surface area (Å²) in [6.07, 6.45) is 1.66. The van der Waals surface area contributed by atoms with Crippen molar-refractivity contribution in [2.24, 2.45) is 0 Å². The molecule has 220 valence electrons. The van der Waals surface area contributed by atoms with Gasteiger partial charge in [-0.2, -0.15) is 0 Å². The molecule has 3 amide bonds. The van der Waals surface area contributed by atoms with E-state index >= 15 is 0 Å². The smallest absolute Gasteiger partial charge is 0.272 e. The maximum Gasteiger partial charge on any atom is 0.272 e. The molecule has 10 heteroatoms. The second kappa shape index (κ2) is 14.7. The van der Waals surface area contributed by atoms with E-state index in [0.29, 0.717) is 21.4 Å². The number of anilines is 2. The van der Waals surface area contributed by atoms with Gasteiger partial charge in [-0.05, 0) is 66.6 Å². The number of nitrogens with zero attached hydrogens (tertiary/aromatic N) is 1. The molecule has 1 aromatic heterocycles. The largest absolute Gasteiger partial charge is 0.321 e. The fourth-order valence-corrected chi connectivity index (χ4v) is 5.71. The number of thioether (sulfide) groups is 1. The number of aromatic nitrogens is 1. The van der Waals surface area contributed by atoms with Crippen molar-refractivity contribution in [3.05, 3.63) is 136 Å². The van der Waals surface area contributed by atoms with Crippen molar-refractivity contribution >= 4 is 69.3 Å². The summed E-state index contributed by atoms with van der Waals surface area (Å²) in [5.41, 5.74) is 4.50. The highest BCUT2D eigenvalue weighted by atomic mass is 35.5. The normalized spacial score (nSPS) is 11.1. The second-order valence-electron chi connectivity index (χ2n) is 9.60. The van der Waals surface area contributed by atoms with E-state index in [-0.39, 0.29) is 17.4 Å². The molecule has 0 atom stereocenters. The van der Waals surface area contributed by atoms with Crippen LogP contribution in [-0.4, -0.2) is 28.5 Å². The minimum Gasteiger partial charge on any atom is -0.321 e. The molecule has 4 aromatic carbocycles. The maximum atomic E-state index is 13.4. The number of nitrogens with one attached hydrogen (secondary N) is 3. The highest BCUT2D eigenvalue weighted by Gasteiger charge is 2.16. The van der Waals surface area contributed by atoms with Gasteiger partial charge in [0.05, 0.1) is 11.4 Å². The van der Waals surface area contributed by atoms with Crippen molar-refractivity contribution in [2.45, 2.75) is 11.8 Å². The standard InChI is InChI=1S/C34H27ClN4O3S2/c1-22-8-5-6-11-25(22)18-29(37-32(41)24-9-3-2-4-10-24)33(42)36-27-12-7-13-28(19-27)43-21-31(40)39-34-38-30(20-44-34)23-14-16-26(35)17-15-23/h2-20H,21H2,1H3,(H,36,42)(H,37,41)(H,38,39,40)/b29-18-. The molecule has 0 aliphatic rings. The van der Waals surface area contributed by atoms with Gasteiger partial charge in [0, 0.05) is 32.1 Å². The van der Waals surface area contributed by atoms with E-state index in [1.54, 1.807) is 60.7 Å². The van der Waals surface area contributed by atoms with Crippen molar-refractivity contribution in [3.63, 3.8) is 0 Å². The van der Waals surface area contributed by atoms with Crippen molar-refractivity contribution in [1.82, 2.24) is 10.3 Å². The van der Waals surface area contributed by atoms with Crippen LogP contribution in [0.2, 0.25) is 5.02 Å². The number of rotatable bonds is 10. The molecular formula is C34H27ClN4O3S2. The lowest BCUT2D eigenvalue weighted by molar-refractivity contribution is -0.114. The van der Waals surface area contributed by atoms with Crippen molar-refractivity contribution < 1.29 is 14.4 Å². The summed E-state index contributed by atoms with van der Waals surface area (Å²) in [5.74, 6) is -0.915. The van der Waals surface area contributed by atoms with Gasteiger partial charge in [-0.1, -0.05) is 72.3 Å². The second-order valence-corrected chi connectivity index (χ2v) is 11.9. The van der Waals surface area contributed by atoms with Gasteiger partial charge >= 0.3 is 0 Å². The highest BCUT2D eigenvalue weighted by Crippen LogP contribution is 2.27. The number of benzene rings is 4. The van der Waals surface area contributed by atoms with Gasteiger partial charge in [0.15, 0.2) is 5.13 Å². The van der Waals surface area contributed by atoms with E-state index in [4.69, 9.17) is 11.6 Å². The summed E-state index contributed by atoms with van der Waals surface area (Å²) in [4.78, 5) is 44.3. The van der Waals surface area contributed by atoms with Crippen LogP contribution < -0.4 is 16.0 Å². The zero-order valence-electron chi connectivity index (χ0n) is 23.5. The van der Waals surface area contributed by atoms with Crippen LogP contribution in [0.4, 0.5) is 10.8 Å². The molecule has 5 aromatic rings. The summed E-state index contributed by atoms with van der Waals surface area (Å²) in [6.45, 7) is 1.93. The van der Waals surface area contributed by atoms with Crippen LogP contribution in [0.1, 0.15) is 21.5 Å².